The fourth-order valence-corrected chi connectivity index (χ4v) is 5.03. The van der Waals surface area contributed by atoms with E-state index >= 15 is 0 Å². The Morgan fingerprint density at radius 2 is 1.97 bits per heavy atom. The highest BCUT2D eigenvalue weighted by Gasteiger charge is 2.25. The Hall–Kier alpha value is -2.71. The number of carbonyl (C=O) groups excluding carboxylic acids is 1. The van der Waals surface area contributed by atoms with Crippen LogP contribution in [0.25, 0.3) is 10.2 Å². The Morgan fingerprint density at radius 3 is 2.77 bits per heavy atom. The van der Waals surface area contributed by atoms with E-state index in [4.69, 9.17) is 30.8 Å². The van der Waals surface area contributed by atoms with Crippen molar-refractivity contribution >= 4 is 44.2 Å². The molecular formula is C21H20ClN3O4S. The van der Waals surface area contributed by atoms with Gasteiger partial charge in [0.1, 0.15) is 11.3 Å². The van der Waals surface area contributed by atoms with Crippen molar-refractivity contribution in [2.75, 3.05) is 45.0 Å². The van der Waals surface area contributed by atoms with Gasteiger partial charge in [0.2, 0.25) is 12.7 Å². The lowest BCUT2D eigenvalue weighted by molar-refractivity contribution is -0.130. The van der Waals surface area contributed by atoms with Crippen LogP contribution in [0.2, 0.25) is 5.02 Å². The van der Waals surface area contributed by atoms with E-state index in [2.05, 4.69) is 4.90 Å². The SMILES string of the molecule is COc1ccc(Cl)c2sc(N3CCN(C(=O)Cc4ccc5c(c4)OCO5)CC3)nc12. The minimum atomic E-state index is 0.113. The number of benzene rings is 2. The zero-order valence-electron chi connectivity index (χ0n) is 16.4. The molecule has 0 saturated carbocycles. The minimum Gasteiger partial charge on any atom is -0.494 e. The number of carbonyl (C=O) groups is 1. The Labute approximate surface area is 182 Å². The van der Waals surface area contributed by atoms with Gasteiger partial charge in [0.25, 0.3) is 0 Å². The summed E-state index contributed by atoms with van der Waals surface area (Å²) in [5.74, 6) is 2.26. The highest BCUT2D eigenvalue weighted by atomic mass is 35.5. The molecule has 0 aliphatic carbocycles. The lowest BCUT2D eigenvalue weighted by atomic mass is 10.1. The van der Waals surface area contributed by atoms with E-state index < -0.39 is 0 Å². The molecule has 3 aromatic rings. The molecule has 1 aromatic heterocycles. The predicted octanol–water partition coefficient (Wildman–Crippen LogP) is 3.58. The smallest absolute Gasteiger partial charge is 0.231 e. The Bertz CT molecular complexity index is 1110. The van der Waals surface area contributed by atoms with Crippen molar-refractivity contribution in [1.29, 1.82) is 0 Å². The van der Waals surface area contributed by atoms with Gasteiger partial charge in [-0.2, -0.15) is 0 Å². The van der Waals surface area contributed by atoms with E-state index in [-0.39, 0.29) is 12.7 Å². The van der Waals surface area contributed by atoms with E-state index in [0.717, 1.165) is 45.5 Å². The average molecular weight is 446 g/mol. The first-order valence-corrected chi connectivity index (χ1v) is 10.9. The average Bonchev–Trinajstić information content (AvgIpc) is 3.41. The number of thiazole rings is 1. The summed E-state index contributed by atoms with van der Waals surface area (Å²) in [4.78, 5) is 21.6. The zero-order valence-corrected chi connectivity index (χ0v) is 18.0. The van der Waals surface area contributed by atoms with Crippen molar-refractivity contribution < 1.29 is 19.0 Å². The van der Waals surface area contributed by atoms with Crippen LogP contribution in [0.15, 0.2) is 30.3 Å². The molecule has 2 aliphatic heterocycles. The molecule has 5 rings (SSSR count). The maximum atomic E-state index is 12.8. The van der Waals surface area contributed by atoms with Crippen LogP contribution < -0.4 is 19.1 Å². The van der Waals surface area contributed by atoms with Crippen molar-refractivity contribution in [3.05, 3.63) is 40.9 Å². The number of nitrogens with zero attached hydrogens (tertiary/aromatic N) is 3. The highest BCUT2D eigenvalue weighted by Crippen LogP contribution is 2.39. The van der Waals surface area contributed by atoms with Gasteiger partial charge < -0.3 is 24.0 Å². The normalized spacial score (nSPS) is 15.7. The second-order valence-corrected chi connectivity index (χ2v) is 8.54. The zero-order chi connectivity index (χ0) is 20.7. The number of fused-ring (bicyclic) bond motifs is 2. The maximum Gasteiger partial charge on any atom is 0.231 e. The molecule has 0 bridgehead atoms. The molecule has 1 saturated heterocycles. The van der Waals surface area contributed by atoms with Crippen molar-refractivity contribution in [2.24, 2.45) is 0 Å². The molecule has 156 valence electrons. The summed E-state index contributed by atoms with van der Waals surface area (Å²) in [7, 11) is 1.63. The lowest BCUT2D eigenvalue weighted by Crippen LogP contribution is -2.49. The third-order valence-electron chi connectivity index (χ3n) is 5.36. The molecule has 0 unspecified atom stereocenters. The largest absolute Gasteiger partial charge is 0.494 e. The van der Waals surface area contributed by atoms with E-state index in [0.29, 0.717) is 30.3 Å². The number of hydrogen-bond acceptors (Lipinski definition) is 7. The molecular weight excluding hydrogens is 426 g/mol. The molecule has 0 radical (unpaired) electrons. The monoisotopic (exact) mass is 445 g/mol. The molecule has 0 spiro atoms. The van der Waals surface area contributed by atoms with E-state index in [1.54, 1.807) is 18.4 Å². The van der Waals surface area contributed by atoms with Gasteiger partial charge in [-0.25, -0.2) is 4.98 Å². The second-order valence-electron chi connectivity index (χ2n) is 7.16. The minimum absolute atomic E-state index is 0.113. The molecule has 2 aromatic carbocycles. The van der Waals surface area contributed by atoms with Crippen LogP contribution in [0.3, 0.4) is 0 Å². The Morgan fingerprint density at radius 1 is 1.17 bits per heavy atom. The van der Waals surface area contributed by atoms with Crippen LogP contribution in [0.5, 0.6) is 17.2 Å². The molecule has 1 fully saturated rings. The predicted molar refractivity (Wildman–Crippen MR) is 116 cm³/mol. The first-order chi connectivity index (χ1) is 14.6. The Kier molecular flexibility index (Phi) is 5.04. The third kappa shape index (κ3) is 3.50. The number of aromatic nitrogens is 1. The van der Waals surface area contributed by atoms with Crippen molar-refractivity contribution in [3.8, 4) is 17.2 Å². The summed E-state index contributed by atoms with van der Waals surface area (Å²) >= 11 is 7.90. The summed E-state index contributed by atoms with van der Waals surface area (Å²) in [5.41, 5.74) is 1.71. The van der Waals surface area contributed by atoms with Gasteiger partial charge in [-0.3, -0.25) is 4.79 Å². The molecule has 7 nitrogen and oxygen atoms in total. The molecule has 0 N–H and O–H groups in total. The molecule has 3 heterocycles. The van der Waals surface area contributed by atoms with Crippen molar-refractivity contribution in [1.82, 2.24) is 9.88 Å². The third-order valence-corrected chi connectivity index (χ3v) is 6.94. The molecule has 30 heavy (non-hydrogen) atoms. The summed E-state index contributed by atoms with van der Waals surface area (Å²) in [5, 5.41) is 1.58. The lowest BCUT2D eigenvalue weighted by Gasteiger charge is -2.34. The molecule has 0 atom stereocenters. The van der Waals surface area contributed by atoms with Crippen molar-refractivity contribution in [3.63, 3.8) is 0 Å². The van der Waals surface area contributed by atoms with Gasteiger partial charge >= 0.3 is 0 Å². The number of rotatable bonds is 4. The molecule has 2 aliphatic rings. The van der Waals surface area contributed by atoms with Crippen LogP contribution in [-0.2, 0) is 11.2 Å². The van der Waals surface area contributed by atoms with Crippen LogP contribution in [0, 0.1) is 0 Å². The van der Waals surface area contributed by atoms with Crippen LogP contribution in [-0.4, -0.2) is 55.9 Å². The van der Waals surface area contributed by atoms with Gasteiger partial charge in [0.15, 0.2) is 16.6 Å². The van der Waals surface area contributed by atoms with Crippen LogP contribution in [0.4, 0.5) is 5.13 Å². The van der Waals surface area contributed by atoms with Crippen molar-refractivity contribution in [2.45, 2.75) is 6.42 Å². The molecule has 1 amide bonds. The summed E-state index contributed by atoms with van der Waals surface area (Å²) in [6.07, 6.45) is 0.352. The number of ether oxygens (including phenoxy) is 3. The highest BCUT2D eigenvalue weighted by molar-refractivity contribution is 7.22. The van der Waals surface area contributed by atoms with Crippen LogP contribution >= 0.6 is 22.9 Å². The van der Waals surface area contributed by atoms with Gasteiger partial charge in [-0.15, -0.1) is 0 Å². The fourth-order valence-electron chi connectivity index (χ4n) is 3.73. The number of anilines is 1. The quantitative estimate of drug-likeness (QED) is 0.611. The van der Waals surface area contributed by atoms with E-state index in [1.807, 2.05) is 35.2 Å². The number of piperazine rings is 1. The standard InChI is InChI=1S/C21H20ClN3O4S/c1-27-16-5-3-14(22)20-19(16)23-21(30-20)25-8-6-24(7-9-25)18(26)11-13-2-4-15-17(10-13)29-12-28-15/h2-5,10H,6-9,11-12H2,1H3. The summed E-state index contributed by atoms with van der Waals surface area (Å²) in [6, 6.07) is 9.32. The number of methoxy groups -OCH3 is 1. The number of halogens is 1. The van der Waals surface area contributed by atoms with Gasteiger partial charge in [0, 0.05) is 26.2 Å². The first kappa shape index (κ1) is 19.3. The summed E-state index contributed by atoms with van der Waals surface area (Å²) < 4.78 is 17.1. The van der Waals surface area contributed by atoms with Gasteiger partial charge in [-0.05, 0) is 29.8 Å². The number of hydrogen-bond donors (Lipinski definition) is 0. The van der Waals surface area contributed by atoms with E-state index in [1.165, 1.54) is 0 Å². The maximum absolute atomic E-state index is 12.8. The van der Waals surface area contributed by atoms with Gasteiger partial charge in [0.05, 0.1) is 23.3 Å². The Balaban J connectivity index is 1.24. The second kappa shape index (κ2) is 7.85. The number of amides is 1. The van der Waals surface area contributed by atoms with Crippen LogP contribution in [0.1, 0.15) is 5.56 Å². The first-order valence-electron chi connectivity index (χ1n) is 9.66. The van der Waals surface area contributed by atoms with E-state index in [9.17, 15) is 4.79 Å². The topological polar surface area (TPSA) is 64.1 Å². The summed E-state index contributed by atoms with van der Waals surface area (Å²) in [6.45, 7) is 3.01. The molecule has 9 heteroatoms. The fraction of sp³-hybridized carbons (Fsp3) is 0.333. The van der Waals surface area contributed by atoms with Gasteiger partial charge in [-0.1, -0.05) is 29.0 Å².